The van der Waals surface area contributed by atoms with E-state index in [1.165, 1.54) is 0 Å². The van der Waals surface area contributed by atoms with Gasteiger partial charge >= 0.3 is 0 Å². The lowest BCUT2D eigenvalue weighted by Gasteiger charge is -2.44. The number of aromatic nitrogens is 3. The van der Waals surface area contributed by atoms with Crippen molar-refractivity contribution in [3.05, 3.63) is 40.7 Å². The van der Waals surface area contributed by atoms with Crippen molar-refractivity contribution in [3.63, 3.8) is 0 Å². The molecule has 3 aliphatic heterocycles. The lowest BCUT2D eigenvalue weighted by molar-refractivity contribution is 0.116. The van der Waals surface area contributed by atoms with Gasteiger partial charge in [0, 0.05) is 41.7 Å². The van der Waals surface area contributed by atoms with Gasteiger partial charge in [-0.05, 0) is 24.6 Å². The predicted octanol–water partition coefficient (Wildman–Crippen LogP) is 3.56. The Bertz CT molecular complexity index is 1610. The van der Waals surface area contributed by atoms with Crippen LogP contribution in [0.2, 0.25) is 0 Å². The molecule has 1 aromatic carbocycles. The van der Waals surface area contributed by atoms with Crippen LogP contribution < -0.4 is 10.6 Å². The molecule has 0 bridgehead atoms. The Morgan fingerprint density at radius 2 is 2.03 bits per heavy atom. The number of hydrogen-bond acceptors (Lipinski definition) is 9. The molecule has 0 radical (unpaired) electrons. The van der Waals surface area contributed by atoms with Gasteiger partial charge < -0.3 is 15.4 Å². The smallest absolute Gasteiger partial charge is 0.226 e. The Morgan fingerprint density at radius 3 is 2.80 bits per heavy atom. The molecule has 4 aromatic rings. The van der Waals surface area contributed by atoms with E-state index in [9.17, 15) is 9.65 Å². The monoisotopic (exact) mass is 491 g/mol. The maximum absolute atomic E-state index is 16.4. The molecule has 0 spiro atoms. The number of benzene rings is 1. The average Bonchev–Trinajstić information content (AvgIpc) is 3.55. The van der Waals surface area contributed by atoms with E-state index in [-0.39, 0.29) is 50.6 Å². The third kappa shape index (κ3) is 2.73. The maximum atomic E-state index is 16.4. The molecule has 6 heterocycles. The van der Waals surface area contributed by atoms with E-state index in [4.69, 9.17) is 10.5 Å². The van der Waals surface area contributed by atoms with E-state index in [0.717, 1.165) is 42.6 Å². The van der Waals surface area contributed by atoms with Gasteiger partial charge in [-0.3, -0.25) is 9.88 Å². The quantitative estimate of drug-likeness (QED) is 0.454. The van der Waals surface area contributed by atoms with Crippen molar-refractivity contribution in [2.24, 2.45) is 0 Å². The zero-order valence-corrected chi connectivity index (χ0v) is 19.5. The van der Waals surface area contributed by atoms with Crippen LogP contribution in [0.3, 0.4) is 0 Å². The number of nitrogen functional groups attached to an aromatic ring is 1. The number of rotatable bonds is 2. The van der Waals surface area contributed by atoms with Crippen LogP contribution in [-0.4, -0.2) is 52.1 Å². The summed E-state index contributed by atoms with van der Waals surface area (Å²) in [5.41, 5.74) is 8.02. The normalized spacial score (nSPS) is 21.4. The van der Waals surface area contributed by atoms with Crippen molar-refractivity contribution in [1.29, 1.82) is 5.26 Å². The van der Waals surface area contributed by atoms with Crippen LogP contribution in [0.4, 0.5) is 19.7 Å². The van der Waals surface area contributed by atoms with Crippen molar-refractivity contribution < 1.29 is 13.5 Å². The van der Waals surface area contributed by atoms with E-state index in [0.29, 0.717) is 29.0 Å². The van der Waals surface area contributed by atoms with Gasteiger partial charge in [0.1, 0.15) is 16.6 Å². The first-order valence-corrected chi connectivity index (χ1v) is 12.1. The molecule has 11 heteroatoms. The van der Waals surface area contributed by atoms with Gasteiger partial charge in [-0.25, -0.2) is 18.7 Å². The van der Waals surface area contributed by atoms with Gasteiger partial charge in [-0.2, -0.15) is 5.26 Å². The van der Waals surface area contributed by atoms with E-state index < -0.39 is 11.6 Å². The summed E-state index contributed by atoms with van der Waals surface area (Å²) in [7, 11) is 2.10. The number of nitrogens with zero attached hydrogens (tertiary/aromatic N) is 6. The van der Waals surface area contributed by atoms with Crippen molar-refractivity contribution in [3.8, 4) is 17.3 Å². The molecule has 8 nitrogen and oxygen atoms in total. The molecule has 2 atom stereocenters. The second-order valence-electron chi connectivity index (χ2n) is 9.24. The largest absolute Gasteiger partial charge is 0.389 e. The number of halogens is 2. The van der Waals surface area contributed by atoms with E-state index in [2.05, 4.69) is 31.8 Å². The molecule has 176 valence electrons. The number of likely N-dealkylation sites (N-methyl/N-ethyl adjacent to an activating group) is 1. The molecule has 3 aliphatic rings. The summed E-state index contributed by atoms with van der Waals surface area (Å²) in [6.07, 6.45) is 3.73. The van der Waals surface area contributed by atoms with Gasteiger partial charge in [0.2, 0.25) is 5.95 Å². The number of ether oxygens (including phenoxy) is 1. The fraction of sp³-hybridized carbons (Fsp3) is 0.333. The molecular formula is C24H19F2N7OS. The summed E-state index contributed by atoms with van der Waals surface area (Å²) in [5, 5.41) is 10.7. The van der Waals surface area contributed by atoms with Gasteiger partial charge in [0.15, 0.2) is 11.6 Å². The average molecular weight is 492 g/mol. The molecule has 0 aliphatic carbocycles. The zero-order chi connectivity index (χ0) is 24.0. The molecule has 3 aromatic heterocycles. The van der Waals surface area contributed by atoms with Crippen LogP contribution in [0.1, 0.15) is 23.1 Å². The van der Waals surface area contributed by atoms with Crippen molar-refractivity contribution in [1.82, 2.24) is 19.9 Å². The molecule has 0 unspecified atom stereocenters. The number of likely N-dealkylation sites (tertiary alicyclic amines) is 1. The van der Waals surface area contributed by atoms with Crippen LogP contribution in [0.15, 0.2) is 12.4 Å². The predicted molar refractivity (Wildman–Crippen MR) is 128 cm³/mol. The molecule has 2 saturated heterocycles. The first kappa shape index (κ1) is 20.9. The Morgan fingerprint density at radius 1 is 1.20 bits per heavy atom. The molecule has 0 saturated carbocycles. The molecular weight excluding hydrogens is 472 g/mol. The third-order valence-corrected chi connectivity index (χ3v) is 8.57. The Kier molecular flexibility index (Phi) is 4.34. The van der Waals surface area contributed by atoms with Crippen molar-refractivity contribution >= 4 is 43.3 Å². The van der Waals surface area contributed by atoms with Gasteiger partial charge in [-0.1, -0.05) is 0 Å². The fourth-order valence-electron chi connectivity index (χ4n) is 5.79. The Labute approximate surface area is 202 Å². The fourth-order valence-corrected chi connectivity index (χ4v) is 6.71. The highest BCUT2D eigenvalue weighted by molar-refractivity contribution is 7.23. The summed E-state index contributed by atoms with van der Waals surface area (Å²) in [5.74, 6) is -0.685. The second-order valence-corrected chi connectivity index (χ2v) is 10.3. The number of anilines is 2. The molecule has 0 amide bonds. The number of hydrogen-bond donors (Lipinski definition) is 1. The number of nitriles is 1. The summed E-state index contributed by atoms with van der Waals surface area (Å²) in [4.78, 5) is 18.0. The number of pyridine rings is 1. The van der Waals surface area contributed by atoms with E-state index >= 15 is 4.39 Å². The minimum atomic E-state index is -0.602. The minimum Gasteiger partial charge on any atom is -0.389 e. The Balaban J connectivity index is 1.49. The molecule has 2 N–H and O–H groups in total. The molecule has 7 rings (SSSR count). The van der Waals surface area contributed by atoms with Gasteiger partial charge in [-0.15, -0.1) is 11.3 Å². The number of thiophene rings is 1. The van der Waals surface area contributed by atoms with Gasteiger partial charge in [0.05, 0.1) is 41.4 Å². The number of nitrogens with two attached hydrogens (primary N) is 1. The number of fused-ring (bicyclic) bond motifs is 5. The summed E-state index contributed by atoms with van der Waals surface area (Å²) >= 11 is 0.958. The third-order valence-electron chi connectivity index (χ3n) is 7.54. The topological polar surface area (TPSA) is 104 Å². The standard InChI is InChI=1S/C24H19F2N7OS/c1-32-7-16-15(32)2-3-33(16)24-30-5-11-12-8-34-9-13(12)17(19(26)20(11)31-24)21-18-10(4-27)23(28)35-22(18)14(25)6-29-21/h5-6,15-16H,2-3,7-9,28H2,1H3/t15-,16-/m0/s1. The lowest BCUT2D eigenvalue weighted by Crippen LogP contribution is -2.60. The maximum Gasteiger partial charge on any atom is 0.226 e. The minimum absolute atomic E-state index is 0.0970. The highest BCUT2D eigenvalue weighted by Gasteiger charge is 2.46. The molecule has 35 heavy (non-hydrogen) atoms. The van der Waals surface area contributed by atoms with Gasteiger partial charge in [0.25, 0.3) is 0 Å². The van der Waals surface area contributed by atoms with E-state index in [1.54, 1.807) is 6.20 Å². The van der Waals surface area contributed by atoms with E-state index in [1.807, 2.05) is 6.07 Å². The highest BCUT2D eigenvalue weighted by Crippen LogP contribution is 2.45. The highest BCUT2D eigenvalue weighted by atomic mass is 32.1. The summed E-state index contributed by atoms with van der Waals surface area (Å²) in [6, 6.07) is 2.82. The second kappa shape index (κ2) is 7.27. The summed E-state index contributed by atoms with van der Waals surface area (Å²) < 4.78 is 36.9. The van der Waals surface area contributed by atoms with Crippen LogP contribution in [0.5, 0.6) is 0 Å². The van der Waals surface area contributed by atoms with Crippen LogP contribution >= 0.6 is 11.3 Å². The first-order valence-electron chi connectivity index (χ1n) is 11.3. The molecule has 2 fully saturated rings. The van der Waals surface area contributed by atoms with Crippen molar-refractivity contribution in [2.45, 2.75) is 31.7 Å². The zero-order valence-electron chi connectivity index (χ0n) is 18.7. The SMILES string of the molecule is CN1C[C@H]2[C@@H]1CCN2c1ncc2c3c(c(-c4ncc(F)c5sc(N)c(C#N)c45)c(F)c2n1)COC3. The Hall–Kier alpha value is -3.46. The van der Waals surface area contributed by atoms with Crippen LogP contribution in [0, 0.1) is 23.0 Å². The summed E-state index contributed by atoms with van der Waals surface area (Å²) in [6.45, 7) is 2.19. The lowest BCUT2D eigenvalue weighted by atomic mass is 9.94. The first-order chi connectivity index (χ1) is 17.0. The van der Waals surface area contributed by atoms with Crippen molar-refractivity contribution in [2.75, 3.05) is 30.8 Å². The van der Waals surface area contributed by atoms with Crippen LogP contribution in [-0.2, 0) is 18.0 Å². The van der Waals surface area contributed by atoms with Crippen LogP contribution in [0.25, 0.3) is 32.2 Å².